The van der Waals surface area contributed by atoms with E-state index in [1.165, 1.54) is 6.42 Å². The van der Waals surface area contributed by atoms with Gasteiger partial charge in [0.2, 0.25) is 0 Å². The summed E-state index contributed by atoms with van der Waals surface area (Å²) in [5.74, 6) is 1.78. The largest absolute Gasteiger partial charge is 0.507 e. The van der Waals surface area contributed by atoms with Gasteiger partial charge in [0.05, 0.1) is 11.4 Å². The highest BCUT2D eigenvalue weighted by atomic mass is 16.3. The van der Waals surface area contributed by atoms with Crippen molar-refractivity contribution in [3.8, 4) is 17.0 Å². The number of anilines is 2. The molecule has 4 rings (SSSR count). The SMILES string of the molecule is CC.CC1CC2CNc3nnc(-c4ccccc4O)cc3N2C1. The molecular weight excluding hydrogens is 288 g/mol. The third-order valence-corrected chi connectivity index (χ3v) is 4.39. The molecule has 2 N–H and O–H groups in total. The van der Waals surface area contributed by atoms with Crippen molar-refractivity contribution in [2.75, 3.05) is 23.3 Å². The highest BCUT2D eigenvalue weighted by Crippen LogP contribution is 2.39. The molecule has 23 heavy (non-hydrogen) atoms. The van der Waals surface area contributed by atoms with Gasteiger partial charge in [0.1, 0.15) is 5.75 Å². The molecule has 0 spiro atoms. The van der Waals surface area contributed by atoms with Gasteiger partial charge in [0.25, 0.3) is 0 Å². The Balaban J connectivity index is 0.000000753. The molecule has 2 aliphatic heterocycles. The summed E-state index contributed by atoms with van der Waals surface area (Å²) in [6.07, 6.45) is 1.21. The van der Waals surface area contributed by atoms with E-state index in [2.05, 4.69) is 27.3 Å². The zero-order valence-electron chi connectivity index (χ0n) is 14.0. The van der Waals surface area contributed by atoms with Crippen molar-refractivity contribution < 1.29 is 5.11 Å². The van der Waals surface area contributed by atoms with Gasteiger partial charge in [0.15, 0.2) is 5.82 Å². The molecule has 1 aromatic carbocycles. The molecule has 1 fully saturated rings. The van der Waals surface area contributed by atoms with E-state index in [0.29, 0.717) is 17.7 Å². The van der Waals surface area contributed by atoms with Gasteiger partial charge < -0.3 is 15.3 Å². The number of hydrogen-bond acceptors (Lipinski definition) is 5. The first kappa shape index (κ1) is 15.6. The van der Waals surface area contributed by atoms with E-state index in [4.69, 9.17) is 0 Å². The molecule has 2 aromatic rings. The topological polar surface area (TPSA) is 61.3 Å². The minimum absolute atomic E-state index is 0.238. The number of phenols is 1. The van der Waals surface area contributed by atoms with Gasteiger partial charge in [-0.2, -0.15) is 0 Å². The summed E-state index contributed by atoms with van der Waals surface area (Å²) in [6, 6.07) is 9.82. The molecule has 0 aliphatic carbocycles. The van der Waals surface area contributed by atoms with Crippen LogP contribution in [-0.2, 0) is 0 Å². The summed E-state index contributed by atoms with van der Waals surface area (Å²) in [7, 11) is 0. The highest BCUT2D eigenvalue weighted by Gasteiger charge is 2.34. The summed E-state index contributed by atoms with van der Waals surface area (Å²) in [5, 5.41) is 21.9. The fraction of sp³-hybridized carbons (Fsp3) is 0.444. The predicted octanol–water partition coefficient (Wildman–Crippen LogP) is 3.52. The Morgan fingerprint density at radius 1 is 1.22 bits per heavy atom. The second-order valence-corrected chi connectivity index (χ2v) is 6.01. The Bertz CT molecular complexity index is 688. The zero-order chi connectivity index (χ0) is 16.4. The van der Waals surface area contributed by atoms with Crippen LogP contribution in [0.5, 0.6) is 5.75 Å². The Labute approximate surface area is 137 Å². The van der Waals surface area contributed by atoms with Crippen LogP contribution in [0.3, 0.4) is 0 Å². The van der Waals surface area contributed by atoms with E-state index < -0.39 is 0 Å². The highest BCUT2D eigenvalue weighted by molar-refractivity contribution is 5.76. The van der Waals surface area contributed by atoms with Crippen LogP contribution >= 0.6 is 0 Å². The Morgan fingerprint density at radius 2 is 2.00 bits per heavy atom. The van der Waals surface area contributed by atoms with Gasteiger partial charge in [-0.25, -0.2) is 0 Å². The fourth-order valence-electron chi connectivity index (χ4n) is 3.40. The number of nitrogens with zero attached hydrogens (tertiary/aromatic N) is 3. The monoisotopic (exact) mass is 312 g/mol. The number of nitrogens with one attached hydrogen (secondary N) is 1. The molecule has 5 heteroatoms. The lowest BCUT2D eigenvalue weighted by molar-refractivity contribution is 0.477. The average Bonchev–Trinajstić information content (AvgIpc) is 2.97. The number of aromatic nitrogens is 2. The Kier molecular flexibility index (Phi) is 4.37. The van der Waals surface area contributed by atoms with Crippen LogP contribution < -0.4 is 10.2 Å². The molecule has 0 bridgehead atoms. The van der Waals surface area contributed by atoms with Crippen molar-refractivity contribution in [3.05, 3.63) is 30.3 Å². The zero-order valence-corrected chi connectivity index (χ0v) is 14.0. The minimum Gasteiger partial charge on any atom is -0.507 e. The van der Waals surface area contributed by atoms with Crippen LogP contribution in [0.25, 0.3) is 11.3 Å². The standard InChI is InChI=1S/C16H18N4O.C2H6/c1-10-6-11-8-17-16-14(20(11)9-10)7-13(18-19-16)12-4-2-3-5-15(12)21;1-2/h2-5,7,10-11,21H,6,8-9H2,1H3,(H,17,19);1-2H3. The molecule has 3 heterocycles. The number of para-hydroxylation sites is 1. The molecular formula is C18H24N4O. The van der Waals surface area contributed by atoms with Crippen molar-refractivity contribution in [2.45, 2.75) is 33.2 Å². The number of phenolic OH excluding ortho intramolecular Hbond substituents is 1. The van der Waals surface area contributed by atoms with Crippen molar-refractivity contribution >= 4 is 11.5 Å². The number of rotatable bonds is 1. The Morgan fingerprint density at radius 3 is 2.78 bits per heavy atom. The van der Waals surface area contributed by atoms with Crippen LogP contribution in [-0.4, -0.2) is 34.4 Å². The lowest BCUT2D eigenvalue weighted by Gasteiger charge is -2.33. The third kappa shape index (κ3) is 2.83. The van der Waals surface area contributed by atoms with Gasteiger partial charge in [-0.15, -0.1) is 10.2 Å². The second-order valence-electron chi connectivity index (χ2n) is 6.01. The molecule has 0 amide bonds. The van der Waals surface area contributed by atoms with Crippen LogP contribution in [0.1, 0.15) is 27.2 Å². The average molecular weight is 312 g/mol. The number of hydrogen-bond donors (Lipinski definition) is 2. The van der Waals surface area contributed by atoms with E-state index in [1.54, 1.807) is 6.07 Å². The van der Waals surface area contributed by atoms with Gasteiger partial charge in [0, 0.05) is 24.7 Å². The van der Waals surface area contributed by atoms with Crippen LogP contribution in [0, 0.1) is 5.92 Å². The maximum absolute atomic E-state index is 10.0. The number of fused-ring (bicyclic) bond motifs is 3. The van der Waals surface area contributed by atoms with Crippen molar-refractivity contribution in [3.63, 3.8) is 0 Å². The smallest absolute Gasteiger partial charge is 0.172 e. The van der Waals surface area contributed by atoms with Crippen LogP contribution in [0.15, 0.2) is 30.3 Å². The molecule has 1 aromatic heterocycles. The van der Waals surface area contributed by atoms with Gasteiger partial charge in [-0.1, -0.05) is 32.9 Å². The minimum atomic E-state index is 0.238. The van der Waals surface area contributed by atoms with E-state index in [9.17, 15) is 5.11 Å². The molecule has 2 atom stereocenters. The van der Waals surface area contributed by atoms with E-state index in [1.807, 2.05) is 38.1 Å². The molecule has 0 radical (unpaired) electrons. The van der Waals surface area contributed by atoms with Crippen LogP contribution in [0.4, 0.5) is 11.5 Å². The lowest BCUT2D eigenvalue weighted by Crippen LogP contribution is -2.39. The van der Waals surface area contributed by atoms with Gasteiger partial charge in [-0.05, 0) is 30.5 Å². The van der Waals surface area contributed by atoms with E-state index in [-0.39, 0.29) is 5.75 Å². The first-order valence-electron chi connectivity index (χ1n) is 8.39. The van der Waals surface area contributed by atoms with Gasteiger partial charge in [-0.3, -0.25) is 0 Å². The fourth-order valence-corrected chi connectivity index (χ4v) is 3.40. The predicted molar refractivity (Wildman–Crippen MR) is 93.9 cm³/mol. The summed E-state index contributed by atoms with van der Waals surface area (Å²) in [4.78, 5) is 2.43. The quantitative estimate of drug-likeness (QED) is 0.843. The number of benzene rings is 1. The summed E-state index contributed by atoms with van der Waals surface area (Å²) >= 11 is 0. The molecule has 5 nitrogen and oxygen atoms in total. The van der Waals surface area contributed by atoms with Crippen molar-refractivity contribution in [1.82, 2.24) is 10.2 Å². The first-order chi connectivity index (χ1) is 11.2. The molecule has 0 saturated carbocycles. The normalized spacial score (nSPS) is 21.6. The van der Waals surface area contributed by atoms with Gasteiger partial charge >= 0.3 is 0 Å². The van der Waals surface area contributed by atoms with Crippen molar-refractivity contribution in [2.24, 2.45) is 5.92 Å². The van der Waals surface area contributed by atoms with E-state index >= 15 is 0 Å². The van der Waals surface area contributed by atoms with E-state index in [0.717, 1.165) is 30.2 Å². The maximum atomic E-state index is 10.0. The van der Waals surface area contributed by atoms with Crippen LogP contribution in [0.2, 0.25) is 0 Å². The third-order valence-electron chi connectivity index (χ3n) is 4.39. The lowest BCUT2D eigenvalue weighted by atomic mass is 10.1. The molecule has 2 aliphatic rings. The molecule has 1 saturated heterocycles. The second kappa shape index (κ2) is 6.44. The first-order valence-corrected chi connectivity index (χ1v) is 8.39. The summed E-state index contributed by atoms with van der Waals surface area (Å²) < 4.78 is 0. The summed E-state index contributed by atoms with van der Waals surface area (Å²) in [6.45, 7) is 8.28. The summed E-state index contributed by atoms with van der Waals surface area (Å²) in [5.41, 5.74) is 2.54. The molecule has 122 valence electrons. The Hall–Kier alpha value is -2.30. The number of aromatic hydroxyl groups is 1. The molecule has 2 unspecified atom stereocenters. The van der Waals surface area contributed by atoms with Crippen molar-refractivity contribution in [1.29, 1.82) is 0 Å². The maximum Gasteiger partial charge on any atom is 0.172 e.